The van der Waals surface area contributed by atoms with Crippen molar-refractivity contribution in [3.05, 3.63) is 70.1 Å². The second kappa shape index (κ2) is 11.5. The normalized spacial score (nSPS) is 15.6. The molecule has 3 N–H and O–H groups in total. The Balaban J connectivity index is 0.000000479. The Kier molecular flexibility index (Phi) is 8.69. The summed E-state index contributed by atoms with van der Waals surface area (Å²) < 4.78 is 60.0. The number of para-hydroxylation sites is 2. The van der Waals surface area contributed by atoms with E-state index in [-0.39, 0.29) is 23.3 Å². The molecular weight excluding hydrogens is 503 g/mol. The molecule has 1 aliphatic rings. The van der Waals surface area contributed by atoms with E-state index in [0.29, 0.717) is 6.54 Å². The lowest BCUT2D eigenvalue weighted by Crippen LogP contribution is -2.45. The van der Waals surface area contributed by atoms with E-state index in [4.69, 9.17) is 9.90 Å². The fourth-order valence-corrected chi connectivity index (χ4v) is 4.17. The number of alkyl halides is 3. The van der Waals surface area contributed by atoms with Gasteiger partial charge in [0.15, 0.2) is 11.6 Å². The van der Waals surface area contributed by atoms with Crippen LogP contribution in [-0.4, -0.2) is 63.3 Å². The lowest BCUT2D eigenvalue weighted by molar-refractivity contribution is -0.192. The topological polar surface area (TPSA) is 107 Å². The lowest BCUT2D eigenvalue weighted by atomic mass is 10.0. The van der Waals surface area contributed by atoms with Crippen LogP contribution in [0.25, 0.3) is 11.0 Å². The van der Waals surface area contributed by atoms with E-state index in [1.165, 1.54) is 6.07 Å². The summed E-state index contributed by atoms with van der Waals surface area (Å²) >= 11 is 0. The molecule has 3 aromatic rings. The number of piperidine rings is 1. The number of hydrogen-bond donors (Lipinski definition) is 3. The molecule has 0 bridgehead atoms. The molecule has 1 fully saturated rings. The molecular formula is C24H25F5N4O4. The Hall–Kier alpha value is -3.74. The molecule has 2 heterocycles. The smallest absolute Gasteiger partial charge is 0.475 e. The van der Waals surface area contributed by atoms with Crippen LogP contribution in [0.4, 0.5) is 22.0 Å². The van der Waals surface area contributed by atoms with Crippen molar-refractivity contribution in [2.45, 2.75) is 38.0 Å². The zero-order valence-corrected chi connectivity index (χ0v) is 19.7. The Bertz CT molecular complexity index is 1310. The molecule has 0 radical (unpaired) electrons. The van der Waals surface area contributed by atoms with Gasteiger partial charge in [0.05, 0.1) is 11.0 Å². The van der Waals surface area contributed by atoms with Crippen molar-refractivity contribution in [2.24, 2.45) is 0 Å². The number of carbonyl (C=O) groups is 2. The van der Waals surface area contributed by atoms with Crippen molar-refractivity contribution in [1.29, 1.82) is 0 Å². The number of carbonyl (C=O) groups excluding carboxylic acids is 1. The van der Waals surface area contributed by atoms with Gasteiger partial charge in [0.2, 0.25) is 0 Å². The molecule has 0 spiro atoms. The molecule has 1 saturated heterocycles. The Labute approximate surface area is 207 Å². The maximum absolute atomic E-state index is 13.3. The third-order valence-corrected chi connectivity index (χ3v) is 5.88. The van der Waals surface area contributed by atoms with Crippen molar-refractivity contribution in [1.82, 2.24) is 19.8 Å². The second-order valence-corrected chi connectivity index (χ2v) is 8.66. The molecule has 2 aromatic carbocycles. The molecule has 1 aromatic heterocycles. The summed E-state index contributed by atoms with van der Waals surface area (Å²) in [4.78, 5) is 38.7. The van der Waals surface area contributed by atoms with Crippen LogP contribution in [-0.2, 0) is 4.79 Å². The van der Waals surface area contributed by atoms with E-state index >= 15 is 0 Å². The summed E-state index contributed by atoms with van der Waals surface area (Å²) in [6.45, 7) is 4.14. The molecule has 37 heavy (non-hydrogen) atoms. The standard InChI is InChI=1S/C22H24F2N4O2.C2HF3O2/c1-14(25-21(29)15-6-7-17(23)18(24)12-15)13-27-10-8-16(9-11-27)28-20-5-3-2-4-19(20)26-22(28)30;3-2(4,5)1(6)7/h2-7,12,14,16H,8-11,13H2,1H3,(H,25,29)(H,26,30);(H,6,7)/t14-;/m0./s1. The number of amides is 1. The summed E-state index contributed by atoms with van der Waals surface area (Å²) in [6.07, 6.45) is -3.41. The van der Waals surface area contributed by atoms with Gasteiger partial charge in [-0.1, -0.05) is 12.1 Å². The van der Waals surface area contributed by atoms with Crippen molar-refractivity contribution < 1.29 is 36.6 Å². The number of benzene rings is 2. The number of rotatable bonds is 5. The quantitative estimate of drug-likeness (QED) is 0.438. The minimum absolute atomic E-state index is 0.0817. The average molecular weight is 528 g/mol. The summed E-state index contributed by atoms with van der Waals surface area (Å²) in [5.41, 5.74) is 1.78. The number of halogens is 5. The average Bonchev–Trinajstić information content (AvgIpc) is 3.16. The number of aliphatic carboxylic acids is 1. The van der Waals surface area contributed by atoms with Gasteiger partial charge in [-0.3, -0.25) is 9.36 Å². The predicted molar refractivity (Wildman–Crippen MR) is 124 cm³/mol. The fraction of sp³-hybridized carbons (Fsp3) is 0.375. The van der Waals surface area contributed by atoms with E-state index in [9.17, 15) is 31.5 Å². The summed E-state index contributed by atoms with van der Waals surface area (Å²) in [5, 5.41) is 9.96. The molecule has 0 aliphatic carbocycles. The SMILES string of the molecule is C[C@@H](CN1CCC(n2c(=O)[nH]c3ccccc32)CC1)NC(=O)c1ccc(F)c(F)c1.O=C(O)C(F)(F)F. The highest BCUT2D eigenvalue weighted by molar-refractivity contribution is 5.94. The van der Waals surface area contributed by atoms with Gasteiger partial charge in [0.1, 0.15) is 0 Å². The first-order chi connectivity index (χ1) is 17.4. The van der Waals surface area contributed by atoms with Crippen molar-refractivity contribution >= 4 is 22.9 Å². The molecule has 0 unspecified atom stereocenters. The van der Waals surface area contributed by atoms with Crippen molar-refractivity contribution in [3.63, 3.8) is 0 Å². The van der Waals surface area contributed by atoms with Crippen LogP contribution in [0.1, 0.15) is 36.2 Å². The van der Waals surface area contributed by atoms with Gasteiger partial charge in [-0.2, -0.15) is 13.2 Å². The molecule has 1 atom stereocenters. The van der Waals surface area contributed by atoms with Crippen LogP contribution < -0.4 is 11.0 Å². The van der Waals surface area contributed by atoms with E-state index < -0.39 is 29.7 Å². The minimum Gasteiger partial charge on any atom is -0.475 e. The van der Waals surface area contributed by atoms with Crippen LogP contribution in [0, 0.1) is 11.6 Å². The maximum Gasteiger partial charge on any atom is 0.490 e. The first-order valence-corrected chi connectivity index (χ1v) is 11.3. The number of hydrogen-bond acceptors (Lipinski definition) is 4. The maximum atomic E-state index is 13.3. The van der Waals surface area contributed by atoms with Crippen LogP contribution in [0.5, 0.6) is 0 Å². The lowest BCUT2D eigenvalue weighted by Gasteiger charge is -2.34. The molecule has 1 aliphatic heterocycles. The number of nitrogens with zero attached hydrogens (tertiary/aromatic N) is 2. The number of carboxylic acid groups (broad SMARTS) is 1. The van der Waals surface area contributed by atoms with Gasteiger partial charge in [-0.15, -0.1) is 0 Å². The molecule has 200 valence electrons. The first kappa shape index (κ1) is 27.8. The largest absolute Gasteiger partial charge is 0.490 e. The number of nitrogens with one attached hydrogen (secondary N) is 2. The van der Waals surface area contributed by atoms with Gasteiger partial charge >= 0.3 is 17.8 Å². The van der Waals surface area contributed by atoms with Gasteiger partial charge in [-0.05, 0) is 50.1 Å². The number of likely N-dealkylation sites (tertiary alicyclic amines) is 1. The summed E-state index contributed by atoms with van der Waals surface area (Å²) in [7, 11) is 0. The van der Waals surface area contributed by atoms with Crippen LogP contribution in [0.2, 0.25) is 0 Å². The Morgan fingerprint density at radius 2 is 1.73 bits per heavy atom. The van der Waals surface area contributed by atoms with E-state index in [1.807, 2.05) is 35.8 Å². The van der Waals surface area contributed by atoms with Crippen LogP contribution in [0.15, 0.2) is 47.3 Å². The monoisotopic (exact) mass is 528 g/mol. The van der Waals surface area contributed by atoms with Gasteiger partial charge in [0, 0.05) is 37.3 Å². The van der Waals surface area contributed by atoms with E-state index in [0.717, 1.165) is 49.1 Å². The highest BCUT2D eigenvalue weighted by Gasteiger charge is 2.38. The molecule has 4 rings (SSSR count). The number of fused-ring (bicyclic) bond motifs is 1. The van der Waals surface area contributed by atoms with E-state index in [1.54, 1.807) is 0 Å². The second-order valence-electron chi connectivity index (χ2n) is 8.66. The molecule has 1 amide bonds. The number of carboxylic acids is 1. The molecule has 13 heteroatoms. The Morgan fingerprint density at radius 3 is 2.32 bits per heavy atom. The van der Waals surface area contributed by atoms with Crippen LogP contribution in [0.3, 0.4) is 0 Å². The first-order valence-electron chi connectivity index (χ1n) is 11.3. The number of aromatic amines is 1. The van der Waals surface area contributed by atoms with E-state index in [2.05, 4.69) is 15.2 Å². The van der Waals surface area contributed by atoms with Crippen LogP contribution >= 0.6 is 0 Å². The van der Waals surface area contributed by atoms with Crippen molar-refractivity contribution in [2.75, 3.05) is 19.6 Å². The Morgan fingerprint density at radius 1 is 1.11 bits per heavy atom. The third kappa shape index (κ3) is 7.15. The van der Waals surface area contributed by atoms with Crippen molar-refractivity contribution in [3.8, 4) is 0 Å². The van der Waals surface area contributed by atoms with Gasteiger partial charge < -0.3 is 20.3 Å². The highest BCUT2D eigenvalue weighted by atomic mass is 19.4. The number of imidazole rings is 1. The minimum atomic E-state index is -5.08. The number of aromatic nitrogens is 2. The molecule has 0 saturated carbocycles. The zero-order chi connectivity index (χ0) is 27.3. The third-order valence-electron chi connectivity index (χ3n) is 5.88. The van der Waals surface area contributed by atoms with Gasteiger partial charge in [-0.25, -0.2) is 18.4 Å². The highest BCUT2D eigenvalue weighted by Crippen LogP contribution is 2.25. The fourth-order valence-electron chi connectivity index (χ4n) is 4.17. The summed E-state index contributed by atoms with van der Waals surface area (Å²) in [5.74, 6) is -5.20. The molecule has 8 nitrogen and oxygen atoms in total. The number of H-pyrrole nitrogens is 1. The van der Waals surface area contributed by atoms with Gasteiger partial charge in [0.25, 0.3) is 5.91 Å². The predicted octanol–water partition coefficient (Wildman–Crippen LogP) is 3.70. The zero-order valence-electron chi connectivity index (χ0n) is 19.7. The summed E-state index contributed by atoms with van der Waals surface area (Å²) in [6, 6.07) is 10.8.